The van der Waals surface area contributed by atoms with E-state index >= 15 is 0 Å². The molecule has 0 bridgehead atoms. The van der Waals surface area contributed by atoms with Crippen molar-refractivity contribution in [1.29, 1.82) is 0 Å². The summed E-state index contributed by atoms with van der Waals surface area (Å²) < 4.78 is 10.2. The largest absolute Gasteiger partial charge is 0.507 e. The van der Waals surface area contributed by atoms with E-state index in [2.05, 4.69) is 4.74 Å². The molecule has 0 saturated heterocycles. The topological polar surface area (TPSA) is 117 Å². The third kappa shape index (κ3) is 2.26. The predicted molar refractivity (Wildman–Crippen MR) is 85.3 cm³/mol. The van der Waals surface area contributed by atoms with Crippen LogP contribution >= 0.6 is 0 Å². The van der Waals surface area contributed by atoms with Gasteiger partial charge in [-0.05, 0) is 36.8 Å². The zero-order chi connectivity index (χ0) is 17.6. The van der Waals surface area contributed by atoms with E-state index in [0.29, 0.717) is 5.56 Å². The number of carbonyl (C=O) groups is 1. The monoisotopic (exact) mass is 330 g/mol. The molecule has 124 valence electrons. The second kappa shape index (κ2) is 5.54. The molecular weight excluding hydrogens is 316 g/mol. The van der Waals surface area contributed by atoms with Gasteiger partial charge in [0.25, 0.3) is 0 Å². The van der Waals surface area contributed by atoms with Gasteiger partial charge in [0.2, 0.25) is 5.43 Å². The average Bonchev–Trinajstić information content (AvgIpc) is 2.54. The molecule has 0 aliphatic heterocycles. The number of hydrogen-bond donors (Lipinski definition) is 3. The lowest BCUT2D eigenvalue weighted by Gasteiger charge is -2.10. The van der Waals surface area contributed by atoms with Gasteiger partial charge in [0.15, 0.2) is 11.3 Å². The second-order valence-corrected chi connectivity index (χ2v) is 5.35. The van der Waals surface area contributed by atoms with Gasteiger partial charge in [-0.1, -0.05) is 0 Å². The molecule has 1 aromatic heterocycles. The lowest BCUT2D eigenvalue weighted by Crippen LogP contribution is -2.11. The highest BCUT2D eigenvalue weighted by Crippen LogP contribution is 2.33. The molecule has 1 heterocycles. The van der Waals surface area contributed by atoms with Gasteiger partial charge in [0.1, 0.15) is 16.7 Å². The molecular formula is C17H14O7. The molecule has 3 N–H and O–H groups in total. The van der Waals surface area contributed by atoms with Crippen LogP contribution in [0.25, 0.3) is 21.9 Å². The molecule has 7 nitrogen and oxygen atoms in total. The normalized spacial score (nSPS) is 12.5. The number of carbonyl (C=O) groups excluding carboxylic acids is 1. The van der Waals surface area contributed by atoms with Crippen LogP contribution in [0, 0.1) is 0 Å². The second-order valence-electron chi connectivity index (χ2n) is 5.35. The molecule has 7 heteroatoms. The molecule has 1 unspecified atom stereocenters. The number of aromatic hydroxyl groups is 2. The molecule has 0 fully saturated rings. The lowest BCUT2D eigenvalue weighted by molar-refractivity contribution is 0.0603. The summed E-state index contributed by atoms with van der Waals surface area (Å²) in [6.45, 7) is 1.49. The van der Waals surface area contributed by atoms with Gasteiger partial charge in [-0.25, -0.2) is 4.79 Å². The predicted octanol–water partition coefficient (Wildman–Crippen LogP) is 2.20. The highest BCUT2D eigenvalue weighted by atomic mass is 16.5. The van der Waals surface area contributed by atoms with Crippen molar-refractivity contribution < 1.29 is 29.3 Å². The number of rotatable bonds is 2. The van der Waals surface area contributed by atoms with Gasteiger partial charge < -0.3 is 24.5 Å². The first-order valence-corrected chi connectivity index (χ1v) is 7.07. The minimum Gasteiger partial charge on any atom is -0.507 e. The molecule has 0 saturated carbocycles. The van der Waals surface area contributed by atoms with Crippen LogP contribution in [0.15, 0.2) is 33.5 Å². The number of benzene rings is 2. The Hall–Kier alpha value is -3.06. The number of hydrogen-bond acceptors (Lipinski definition) is 7. The summed E-state index contributed by atoms with van der Waals surface area (Å²) in [5.41, 5.74) is -0.637. The number of esters is 1. The average molecular weight is 330 g/mol. The molecule has 2 aromatic carbocycles. The summed E-state index contributed by atoms with van der Waals surface area (Å²) in [7, 11) is 1.16. The molecule has 3 aromatic rings. The standard InChI is InChI=1S/C17H14O7/c1-7(18)8-5-11(20)14-12(6-8)24-16-10(19)4-3-9(17(22)23-2)13(16)15(14)21/h3-7,18-20H,1-2H3. The number of methoxy groups -OCH3 is 1. The number of aliphatic hydroxyl groups excluding tert-OH is 1. The van der Waals surface area contributed by atoms with Crippen LogP contribution in [0.5, 0.6) is 11.5 Å². The summed E-state index contributed by atoms with van der Waals surface area (Å²) in [6.07, 6.45) is -0.892. The number of phenolic OH excluding ortho intramolecular Hbond substituents is 2. The summed E-state index contributed by atoms with van der Waals surface area (Å²) in [5.74, 6) is -1.50. The summed E-state index contributed by atoms with van der Waals surface area (Å²) in [4.78, 5) is 24.7. The number of ether oxygens (including phenoxy) is 1. The molecule has 0 radical (unpaired) electrons. The van der Waals surface area contributed by atoms with Crippen LogP contribution in [-0.2, 0) is 4.74 Å². The zero-order valence-electron chi connectivity index (χ0n) is 12.9. The van der Waals surface area contributed by atoms with Gasteiger partial charge in [-0.15, -0.1) is 0 Å². The van der Waals surface area contributed by atoms with E-state index in [9.17, 15) is 24.9 Å². The van der Waals surface area contributed by atoms with Crippen LogP contribution in [0.1, 0.15) is 28.9 Å². The Balaban J connectivity index is 2.53. The van der Waals surface area contributed by atoms with E-state index in [1.54, 1.807) is 0 Å². The molecule has 0 aliphatic rings. The molecule has 1 atom stereocenters. The van der Waals surface area contributed by atoms with E-state index < -0.39 is 23.3 Å². The highest BCUT2D eigenvalue weighted by molar-refractivity contribution is 6.07. The van der Waals surface area contributed by atoms with Crippen molar-refractivity contribution in [3.05, 3.63) is 45.6 Å². The SMILES string of the molecule is COC(=O)c1ccc(O)c2oc3cc(C(C)O)cc(O)c3c(=O)c12. The minimum absolute atomic E-state index is 0.0132. The minimum atomic E-state index is -0.892. The van der Waals surface area contributed by atoms with Crippen LogP contribution in [0.4, 0.5) is 0 Å². The quantitative estimate of drug-likeness (QED) is 0.487. The smallest absolute Gasteiger partial charge is 0.338 e. The molecule has 0 amide bonds. The van der Waals surface area contributed by atoms with Crippen molar-refractivity contribution >= 4 is 27.9 Å². The Labute approximate surface area is 135 Å². The summed E-state index contributed by atoms with van der Waals surface area (Å²) >= 11 is 0. The highest BCUT2D eigenvalue weighted by Gasteiger charge is 2.21. The Morgan fingerprint density at radius 3 is 2.50 bits per heavy atom. The maximum Gasteiger partial charge on any atom is 0.338 e. The van der Waals surface area contributed by atoms with E-state index in [1.807, 2.05) is 0 Å². The molecule has 0 aliphatic carbocycles. The molecule has 24 heavy (non-hydrogen) atoms. The Morgan fingerprint density at radius 2 is 1.88 bits per heavy atom. The van der Waals surface area contributed by atoms with Gasteiger partial charge in [0.05, 0.1) is 24.2 Å². The van der Waals surface area contributed by atoms with Crippen molar-refractivity contribution in [2.24, 2.45) is 0 Å². The Kier molecular flexibility index (Phi) is 3.65. The van der Waals surface area contributed by atoms with E-state index in [-0.39, 0.29) is 33.3 Å². The summed E-state index contributed by atoms with van der Waals surface area (Å²) in [6, 6.07) is 5.09. The van der Waals surface area contributed by atoms with Crippen molar-refractivity contribution in [2.75, 3.05) is 7.11 Å². The third-order valence-electron chi connectivity index (χ3n) is 3.79. The fourth-order valence-electron chi connectivity index (χ4n) is 2.59. The van der Waals surface area contributed by atoms with Crippen molar-refractivity contribution in [3.8, 4) is 11.5 Å². The molecule has 0 spiro atoms. The number of fused-ring (bicyclic) bond motifs is 2. The maximum atomic E-state index is 12.8. The number of aliphatic hydroxyl groups is 1. The summed E-state index contributed by atoms with van der Waals surface area (Å²) in [5, 5.41) is 29.4. The van der Waals surface area contributed by atoms with E-state index in [0.717, 1.165) is 7.11 Å². The van der Waals surface area contributed by atoms with Crippen molar-refractivity contribution in [1.82, 2.24) is 0 Å². The first kappa shape index (κ1) is 15.8. The Morgan fingerprint density at radius 1 is 1.17 bits per heavy atom. The van der Waals surface area contributed by atoms with E-state index in [4.69, 9.17) is 4.42 Å². The lowest BCUT2D eigenvalue weighted by atomic mass is 10.0. The van der Waals surface area contributed by atoms with Crippen LogP contribution < -0.4 is 5.43 Å². The van der Waals surface area contributed by atoms with Gasteiger partial charge in [-0.3, -0.25) is 4.79 Å². The van der Waals surface area contributed by atoms with Gasteiger partial charge in [0, 0.05) is 0 Å². The van der Waals surface area contributed by atoms with Gasteiger partial charge >= 0.3 is 5.97 Å². The van der Waals surface area contributed by atoms with Crippen molar-refractivity contribution in [2.45, 2.75) is 13.0 Å². The van der Waals surface area contributed by atoms with Crippen LogP contribution in [0.2, 0.25) is 0 Å². The van der Waals surface area contributed by atoms with Crippen LogP contribution in [0.3, 0.4) is 0 Å². The Bertz CT molecular complexity index is 1030. The van der Waals surface area contributed by atoms with Gasteiger partial charge in [-0.2, -0.15) is 0 Å². The third-order valence-corrected chi connectivity index (χ3v) is 3.79. The number of phenols is 2. The fraction of sp³-hybridized carbons (Fsp3) is 0.176. The first-order valence-electron chi connectivity index (χ1n) is 7.07. The van der Waals surface area contributed by atoms with Crippen molar-refractivity contribution in [3.63, 3.8) is 0 Å². The fourth-order valence-corrected chi connectivity index (χ4v) is 2.59. The van der Waals surface area contributed by atoms with E-state index in [1.165, 1.54) is 31.2 Å². The maximum absolute atomic E-state index is 12.8. The first-order chi connectivity index (χ1) is 11.3. The molecule has 3 rings (SSSR count). The van der Waals surface area contributed by atoms with Crippen LogP contribution in [-0.4, -0.2) is 28.4 Å². The zero-order valence-corrected chi connectivity index (χ0v) is 12.9.